The van der Waals surface area contributed by atoms with Crippen molar-refractivity contribution in [2.75, 3.05) is 17.2 Å². The van der Waals surface area contributed by atoms with Crippen molar-refractivity contribution < 1.29 is 24.2 Å². The van der Waals surface area contributed by atoms with Crippen molar-refractivity contribution in [3.8, 4) is 5.75 Å². The molecule has 0 atom stereocenters. The lowest BCUT2D eigenvalue weighted by Gasteiger charge is -2.19. The zero-order valence-corrected chi connectivity index (χ0v) is 16.4. The highest BCUT2D eigenvalue weighted by atomic mass is 16.5. The maximum absolute atomic E-state index is 12.1. The maximum Gasteiger partial charge on any atom is 0.313 e. The molecule has 2 aromatic carbocycles. The van der Waals surface area contributed by atoms with E-state index in [1.54, 1.807) is 62.4 Å². The summed E-state index contributed by atoms with van der Waals surface area (Å²) in [6, 6.07) is 13.6. The van der Waals surface area contributed by atoms with Crippen LogP contribution in [0.3, 0.4) is 0 Å². The highest BCUT2D eigenvalue weighted by Gasteiger charge is 2.30. The fourth-order valence-corrected chi connectivity index (χ4v) is 2.69. The van der Waals surface area contributed by atoms with Gasteiger partial charge in [0.25, 0.3) is 5.91 Å². The topological polar surface area (TPSA) is 105 Å². The third-order valence-corrected chi connectivity index (χ3v) is 4.84. The fraction of sp³-hybridized carbons (Fsp3) is 0.318. The van der Waals surface area contributed by atoms with Crippen molar-refractivity contribution in [1.29, 1.82) is 0 Å². The summed E-state index contributed by atoms with van der Waals surface area (Å²) in [5.74, 6) is -0.666. The van der Waals surface area contributed by atoms with E-state index in [2.05, 4.69) is 10.6 Å². The Labute approximate surface area is 169 Å². The molecule has 1 aliphatic carbocycles. The number of nitrogens with one attached hydrogen (secondary N) is 2. The number of aliphatic carboxylic acids is 1. The normalized spacial score (nSPS) is 13.4. The molecule has 0 heterocycles. The summed E-state index contributed by atoms with van der Waals surface area (Å²) in [7, 11) is 0. The van der Waals surface area contributed by atoms with E-state index < -0.39 is 11.4 Å². The Kier molecular flexibility index (Phi) is 5.87. The third-order valence-electron chi connectivity index (χ3n) is 4.84. The van der Waals surface area contributed by atoms with Crippen molar-refractivity contribution in [3.05, 3.63) is 54.1 Å². The van der Waals surface area contributed by atoms with Gasteiger partial charge in [0.15, 0.2) is 6.61 Å². The molecule has 2 amide bonds. The zero-order valence-electron chi connectivity index (χ0n) is 16.4. The van der Waals surface area contributed by atoms with Gasteiger partial charge in [-0.3, -0.25) is 14.4 Å². The number of hydrogen-bond donors (Lipinski definition) is 3. The van der Waals surface area contributed by atoms with Gasteiger partial charge in [-0.1, -0.05) is 18.2 Å². The lowest BCUT2D eigenvalue weighted by atomic mass is 9.85. The first-order valence-electron chi connectivity index (χ1n) is 9.43. The lowest BCUT2D eigenvalue weighted by Crippen LogP contribution is -2.28. The Morgan fingerprint density at radius 2 is 1.72 bits per heavy atom. The number of carboxylic acids is 1. The standard InChI is InChI=1S/C22H24N2O5/c1-22(2,21(27)28)15-8-10-16(11-9-15)23-19(25)13-29-18-5-3-4-17(12-18)24-20(26)14-6-7-14/h3-5,8-12,14H,6-7,13H2,1-2H3,(H,23,25)(H,24,26)(H,27,28). The van der Waals surface area contributed by atoms with Crippen LogP contribution >= 0.6 is 0 Å². The second-order valence-electron chi connectivity index (χ2n) is 7.64. The SMILES string of the molecule is CC(C)(C(=O)O)c1ccc(NC(=O)COc2cccc(NC(=O)C3CC3)c2)cc1. The van der Waals surface area contributed by atoms with Crippen LogP contribution < -0.4 is 15.4 Å². The summed E-state index contributed by atoms with van der Waals surface area (Å²) in [6.45, 7) is 3.05. The van der Waals surface area contributed by atoms with Gasteiger partial charge in [-0.2, -0.15) is 0 Å². The van der Waals surface area contributed by atoms with E-state index in [9.17, 15) is 19.5 Å². The molecule has 0 unspecified atom stereocenters. The molecular formula is C22H24N2O5. The molecule has 0 aliphatic heterocycles. The maximum atomic E-state index is 12.1. The Morgan fingerprint density at radius 1 is 1.03 bits per heavy atom. The second-order valence-corrected chi connectivity index (χ2v) is 7.64. The molecule has 1 saturated carbocycles. The number of rotatable bonds is 8. The Morgan fingerprint density at radius 3 is 2.34 bits per heavy atom. The van der Waals surface area contributed by atoms with Gasteiger partial charge < -0.3 is 20.5 Å². The molecule has 1 fully saturated rings. The van der Waals surface area contributed by atoms with Gasteiger partial charge in [0.2, 0.25) is 5.91 Å². The molecule has 2 aromatic rings. The summed E-state index contributed by atoms with van der Waals surface area (Å²) in [5, 5.41) is 14.8. The largest absolute Gasteiger partial charge is 0.484 e. The first-order valence-corrected chi connectivity index (χ1v) is 9.43. The van der Waals surface area contributed by atoms with Crippen molar-refractivity contribution in [3.63, 3.8) is 0 Å². The fourth-order valence-electron chi connectivity index (χ4n) is 2.69. The van der Waals surface area contributed by atoms with Crippen LogP contribution in [0.2, 0.25) is 0 Å². The van der Waals surface area contributed by atoms with Gasteiger partial charge >= 0.3 is 5.97 Å². The number of anilines is 2. The molecule has 152 valence electrons. The van der Waals surface area contributed by atoms with Crippen LogP contribution in [0.1, 0.15) is 32.3 Å². The Balaban J connectivity index is 1.52. The third kappa shape index (κ3) is 5.34. The Hall–Kier alpha value is -3.35. The number of ether oxygens (including phenoxy) is 1. The van der Waals surface area contributed by atoms with E-state index >= 15 is 0 Å². The molecule has 0 spiro atoms. The van der Waals surface area contributed by atoms with Gasteiger partial charge in [-0.15, -0.1) is 0 Å². The minimum Gasteiger partial charge on any atom is -0.484 e. The van der Waals surface area contributed by atoms with Crippen LogP contribution in [0.15, 0.2) is 48.5 Å². The van der Waals surface area contributed by atoms with E-state index in [1.807, 2.05) is 0 Å². The van der Waals surface area contributed by atoms with Crippen LogP contribution in [-0.4, -0.2) is 29.5 Å². The van der Waals surface area contributed by atoms with E-state index in [0.29, 0.717) is 22.7 Å². The molecule has 3 N–H and O–H groups in total. The van der Waals surface area contributed by atoms with Crippen molar-refractivity contribution in [1.82, 2.24) is 0 Å². The predicted molar refractivity (Wildman–Crippen MR) is 109 cm³/mol. The molecule has 7 nitrogen and oxygen atoms in total. The molecule has 29 heavy (non-hydrogen) atoms. The van der Waals surface area contributed by atoms with Crippen LogP contribution in [0.4, 0.5) is 11.4 Å². The number of benzene rings is 2. The van der Waals surface area contributed by atoms with Gasteiger partial charge in [-0.05, 0) is 56.5 Å². The van der Waals surface area contributed by atoms with E-state index in [0.717, 1.165) is 12.8 Å². The minimum atomic E-state index is -1.01. The van der Waals surface area contributed by atoms with E-state index in [-0.39, 0.29) is 24.3 Å². The van der Waals surface area contributed by atoms with E-state index in [1.165, 1.54) is 0 Å². The van der Waals surface area contributed by atoms with Crippen molar-refractivity contribution in [2.45, 2.75) is 32.1 Å². The average Bonchev–Trinajstić information content (AvgIpc) is 3.52. The smallest absolute Gasteiger partial charge is 0.313 e. The zero-order chi connectivity index (χ0) is 21.0. The van der Waals surface area contributed by atoms with Crippen LogP contribution in [0.5, 0.6) is 5.75 Å². The van der Waals surface area contributed by atoms with Gasteiger partial charge in [0.05, 0.1) is 5.41 Å². The molecule has 0 saturated heterocycles. The molecule has 0 radical (unpaired) electrons. The number of carboxylic acid groups (broad SMARTS) is 1. The van der Waals surface area contributed by atoms with Crippen LogP contribution in [-0.2, 0) is 19.8 Å². The summed E-state index contributed by atoms with van der Waals surface area (Å²) >= 11 is 0. The number of carbonyl (C=O) groups excluding carboxylic acids is 2. The highest BCUT2D eigenvalue weighted by molar-refractivity contribution is 5.94. The van der Waals surface area contributed by atoms with Gasteiger partial charge in [0, 0.05) is 23.4 Å². The molecular weight excluding hydrogens is 372 g/mol. The van der Waals surface area contributed by atoms with Crippen LogP contribution in [0.25, 0.3) is 0 Å². The number of hydrogen-bond acceptors (Lipinski definition) is 4. The first-order chi connectivity index (χ1) is 13.8. The summed E-state index contributed by atoms with van der Waals surface area (Å²) < 4.78 is 5.51. The molecule has 0 aromatic heterocycles. The minimum absolute atomic E-state index is 0.00872. The number of amides is 2. The first kappa shape index (κ1) is 20.4. The van der Waals surface area contributed by atoms with Crippen molar-refractivity contribution in [2.24, 2.45) is 5.92 Å². The lowest BCUT2D eigenvalue weighted by molar-refractivity contribution is -0.142. The summed E-state index contributed by atoms with van der Waals surface area (Å²) in [6.07, 6.45) is 1.86. The van der Waals surface area contributed by atoms with Gasteiger partial charge in [-0.25, -0.2) is 0 Å². The van der Waals surface area contributed by atoms with Gasteiger partial charge in [0.1, 0.15) is 5.75 Å². The molecule has 1 aliphatic rings. The Bertz CT molecular complexity index is 917. The monoisotopic (exact) mass is 396 g/mol. The van der Waals surface area contributed by atoms with Crippen molar-refractivity contribution >= 4 is 29.2 Å². The highest BCUT2D eigenvalue weighted by Crippen LogP contribution is 2.30. The molecule has 7 heteroatoms. The van der Waals surface area contributed by atoms with E-state index in [4.69, 9.17) is 4.74 Å². The number of carbonyl (C=O) groups is 3. The summed E-state index contributed by atoms with van der Waals surface area (Å²) in [4.78, 5) is 35.3. The second kappa shape index (κ2) is 8.34. The summed E-state index contributed by atoms with van der Waals surface area (Å²) in [5.41, 5.74) is 0.820. The average molecular weight is 396 g/mol. The molecule has 0 bridgehead atoms. The molecule has 3 rings (SSSR count). The predicted octanol–water partition coefficient (Wildman–Crippen LogP) is 3.41. The quantitative estimate of drug-likeness (QED) is 0.634. The van der Waals surface area contributed by atoms with Crippen LogP contribution in [0, 0.1) is 5.92 Å².